The first-order valence-corrected chi connectivity index (χ1v) is 6.56. The van der Waals surface area contributed by atoms with Crippen molar-refractivity contribution < 1.29 is 9.90 Å². The van der Waals surface area contributed by atoms with Gasteiger partial charge in [0.25, 0.3) is 5.91 Å². The van der Waals surface area contributed by atoms with Gasteiger partial charge in [0.15, 0.2) is 0 Å². The van der Waals surface area contributed by atoms with Crippen LogP contribution in [0.2, 0.25) is 0 Å². The van der Waals surface area contributed by atoms with Crippen LogP contribution in [0.25, 0.3) is 0 Å². The number of amides is 1. The minimum Gasteiger partial charge on any atom is -0.394 e. The van der Waals surface area contributed by atoms with Crippen LogP contribution in [0.4, 0.5) is 0 Å². The maximum Gasteiger partial charge on any atom is 0.268 e. The second kappa shape index (κ2) is 6.21. The SMILES string of the molecule is CCn1cc(Br)cc1C(=O)NC(CO)C(C)C. The summed E-state index contributed by atoms with van der Waals surface area (Å²) < 4.78 is 2.75. The highest BCUT2D eigenvalue weighted by Gasteiger charge is 2.18. The van der Waals surface area contributed by atoms with E-state index in [1.807, 2.05) is 31.5 Å². The first-order chi connectivity index (χ1) is 7.99. The van der Waals surface area contributed by atoms with Gasteiger partial charge in [0.2, 0.25) is 0 Å². The highest BCUT2D eigenvalue weighted by atomic mass is 79.9. The topological polar surface area (TPSA) is 54.3 Å². The number of aliphatic hydroxyl groups excluding tert-OH is 1. The summed E-state index contributed by atoms with van der Waals surface area (Å²) in [7, 11) is 0. The zero-order valence-electron chi connectivity index (χ0n) is 10.4. The number of aliphatic hydroxyl groups is 1. The molecule has 0 radical (unpaired) electrons. The van der Waals surface area contributed by atoms with Gasteiger partial charge in [-0.05, 0) is 34.8 Å². The average molecular weight is 303 g/mol. The number of nitrogens with zero attached hydrogens (tertiary/aromatic N) is 1. The molecule has 0 spiro atoms. The molecule has 96 valence electrons. The summed E-state index contributed by atoms with van der Waals surface area (Å²) in [4.78, 5) is 12.0. The third-order valence-corrected chi connectivity index (χ3v) is 3.19. The van der Waals surface area contributed by atoms with Gasteiger partial charge in [-0.15, -0.1) is 0 Å². The van der Waals surface area contributed by atoms with Crippen molar-refractivity contribution in [1.29, 1.82) is 0 Å². The molecule has 0 aliphatic heterocycles. The Bertz CT molecular complexity index is 388. The molecular formula is C12H19BrN2O2. The van der Waals surface area contributed by atoms with E-state index >= 15 is 0 Å². The summed E-state index contributed by atoms with van der Waals surface area (Å²) >= 11 is 3.35. The Morgan fingerprint density at radius 2 is 2.24 bits per heavy atom. The maximum atomic E-state index is 12.0. The molecule has 4 nitrogen and oxygen atoms in total. The molecule has 0 bridgehead atoms. The molecule has 0 saturated heterocycles. The summed E-state index contributed by atoms with van der Waals surface area (Å²) in [6, 6.07) is 1.58. The monoisotopic (exact) mass is 302 g/mol. The van der Waals surface area contributed by atoms with Crippen LogP contribution in [0.5, 0.6) is 0 Å². The number of nitrogens with one attached hydrogen (secondary N) is 1. The average Bonchev–Trinajstić information content (AvgIpc) is 2.66. The molecule has 1 unspecified atom stereocenters. The molecule has 0 saturated carbocycles. The number of halogens is 1. The third kappa shape index (κ3) is 3.57. The highest BCUT2D eigenvalue weighted by molar-refractivity contribution is 9.10. The number of carbonyl (C=O) groups excluding carboxylic acids is 1. The van der Waals surface area contributed by atoms with Gasteiger partial charge in [0.1, 0.15) is 5.69 Å². The van der Waals surface area contributed by atoms with Gasteiger partial charge >= 0.3 is 0 Å². The number of carbonyl (C=O) groups is 1. The van der Waals surface area contributed by atoms with Gasteiger partial charge in [-0.25, -0.2) is 0 Å². The van der Waals surface area contributed by atoms with Crippen molar-refractivity contribution in [3.8, 4) is 0 Å². The molecule has 0 aliphatic rings. The van der Waals surface area contributed by atoms with E-state index in [4.69, 9.17) is 0 Å². The van der Waals surface area contributed by atoms with Gasteiger partial charge in [0, 0.05) is 17.2 Å². The second-order valence-corrected chi connectivity index (χ2v) is 5.25. The van der Waals surface area contributed by atoms with Gasteiger partial charge in [-0.3, -0.25) is 4.79 Å². The summed E-state index contributed by atoms with van der Waals surface area (Å²) in [5.74, 6) is 0.0581. The summed E-state index contributed by atoms with van der Waals surface area (Å²) in [6.07, 6.45) is 1.87. The first-order valence-electron chi connectivity index (χ1n) is 5.77. The van der Waals surface area contributed by atoms with Gasteiger partial charge in [-0.1, -0.05) is 13.8 Å². The molecule has 1 aromatic heterocycles. The molecule has 1 amide bonds. The predicted octanol–water partition coefficient (Wildman–Crippen LogP) is 2.02. The minimum absolute atomic E-state index is 0.0442. The molecule has 0 aromatic carbocycles. The normalized spacial score (nSPS) is 12.8. The fourth-order valence-corrected chi connectivity index (χ4v) is 2.06. The van der Waals surface area contributed by atoms with Crippen LogP contribution in [0.15, 0.2) is 16.7 Å². The lowest BCUT2D eigenvalue weighted by molar-refractivity contribution is 0.0887. The fraction of sp³-hybridized carbons (Fsp3) is 0.583. The molecule has 1 heterocycles. The van der Waals surface area contributed by atoms with Crippen LogP contribution in [-0.4, -0.2) is 28.2 Å². The number of aryl methyl sites for hydroxylation is 1. The van der Waals surface area contributed by atoms with E-state index in [2.05, 4.69) is 21.2 Å². The van der Waals surface area contributed by atoms with E-state index in [0.29, 0.717) is 5.69 Å². The van der Waals surface area contributed by atoms with Gasteiger partial charge in [-0.2, -0.15) is 0 Å². The lowest BCUT2D eigenvalue weighted by atomic mass is 10.1. The number of hydrogen-bond acceptors (Lipinski definition) is 2. The van der Waals surface area contributed by atoms with Crippen molar-refractivity contribution in [3.63, 3.8) is 0 Å². The Morgan fingerprint density at radius 3 is 2.71 bits per heavy atom. The van der Waals surface area contributed by atoms with E-state index in [1.54, 1.807) is 6.07 Å². The Balaban J connectivity index is 2.81. The molecule has 1 aromatic rings. The summed E-state index contributed by atoms with van der Waals surface area (Å²) in [5, 5.41) is 12.0. The Labute approximate surface area is 110 Å². The third-order valence-electron chi connectivity index (χ3n) is 2.75. The van der Waals surface area contributed by atoms with Crippen LogP contribution in [0.1, 0.15) is 31.3 Å². The quantitative estimate of drug-likeness (QED) is 0.874. The molecule has 17 heavy (non-hydrogen) atoms. The van der Waals surface area contributed by atoms with Crippen molar-refractivity contribution in [2.24, 2.45) is 5.92 Å². The number of rotatable bonds is 5. The highest BCUT2D eigenvalue weighted by Crippen LogP contribution is 2.15. The largest absolute Gasteiger partial charge is 0.394 e. The molecule has 2 N–H and O–H groups in total. The first kappa shape index (κ1) is 14.3. The van der Waals surface area contributed by atoms with Crippen molar-refractivity contribution in [2.45, 2.75) is 33.4 Å². The summed E-state index contributed by atoms with van der Waals surface area (Å²) in [5.41, 5.74) is 0.610. The van der Waals surface area contributed by atoms with E-state index in [-0.39, 0.29) is 24.5 Å². The second-order valence-electron chi connectivity index (χ2n) is 4.34. The smallest absolute Gasteiger partial charge is 0.268 e. The number of hydrogen-bond donors (Lipinski definition) is 2. The van der Waals surface area contributed by atoms with Crippen LogP contribution >= 0.6 is 15.9 Å². The fourth-order valence-electron chi connectivity index (χ4n) is 1.59. The molecule has 5 heteroatoms. The van der Waals surface area contributed by atoms with Gasteiger partial charge in [0.05, 0.1) is 12.6 Å². The Morgan fingerprint density at radius 1 is 1.59 bits per heavy atom. The molecule has 1 rings (SSSR count). The zero-order valence-corrected chi connectivity index (χ0v) is 12.0. The minimum atomic E-state index is -0.207. The van der Waals surface area contributed by atoms with E-state index < -0.39 is 0 Å². The van der Waals surface area contributed by atoms with Crippen LogP contribution in [0.3, 0.4) is 0 Å². The molecular weight excluding hydrogens is 284 g/mol. The van der Waals surface area contributed by atoms with Gasteiger partial charge < -0.3 is 15.0 Å². The predicted molar refractivity (Wildman–Crippen MR) is 71.0 cm³/mol. The lowest BCUT2D eigenvalue weighted by Gasteiger charge is -2.20. The summed E-state index contributed by atoms with van der Waals surface area (Å²) in [6.45, 7) is 6.61. The van der Waals surface area contributed by atoms with Crippen molar-refractivity contribution in [3.05, 3.63) is 22.4 Å². The van der Waals surface area contributed by atoms with Crippen molar-refractivity contribution in [1.82, 2.24) is 9.88 Å². The van der Waals surface area contributed by atoms with E-state index in [9.17, 15) is 9.90 Å². The van der Waals surface area contributed by atoms with Crippen LogP contribution in [0, 0.1) is 5.92 Å². The lowest BCUT2D eigenvalue weighted by Crippen LogP contribution is -2.41. The van der Waals surface area contributed by atoms with Crippen molar-refractivity contribution in [2.75, 3.05) is 6.61 Å². The maximum absolute atomic E-state index is 12.0. The van der Waals surface area contributed by atoms with E-state index in [1.165, 1.54) is 0 Å². The standard InChI is InChI=1S/C12H19BrN2O2/c1-4-15-6-9(13)5-11(15)12(17)14-10(7-16)8(2)3/h5-6,8,10,16H,4,7H2,1-3H3,(H,14,17). The molecule has 0 aliphatic carbocycles. The van der Waals surface area contributed by atoms with Crippen LogP contribution in [-0.2, 0) is 6.54 Å². The zero-order chi connectivity index (χ0) is 13.0. The Hall–Kier alpha value is -0.810. The molecule has 1 atom stereocenters. The van der Waals surface area contributed by atoms with Crippen LogP contribution < -0.4 is 5.32 Å². The Kier molecular flexibility index (Phi) is 5.21. The number of aromatic nitrogens is 1. The molecule has 0 fully saturated rings. The van der Waals surface area contributed by atoms with Crippen molar-refractivity contribution >= 4 is 21.8 Å². The van der Waals surface area contributed by atoms with E-state index in [0.717, 1.165) is 11.0 Å².